The minimum absolute atomic E-state index is 0.161. The van der Waals surface area contributed by atoms with Crippen LogP contribution in [0.1, 0.15) is 22.8 Å². The van der Waals surface area contributed by atoms with E-state index >= 15 is 0 Å². The molecule has 4 rings (SSSR count). The van der Waals surface area contributed by atoms with Crippen molar-refractivity contribution in [2.24, 2.45) is 0 Å². The Balaban J connectivity index is 1.34. The number of carbonyl (C=O) groups is 2. The van der Waals surface area contributed by atoms with E-state index in [2.05, 4.69) is 17.6 Å². The number of fused-ring (bicyclic) bond motifs is 1. The predicted molar refractivity (Wildman–Crippen MR) is 132 cm³/mol. The SMILES string of the molecule is C[C@H]1CN(C(=O)Nc2ccc(C(=O)NCCc3ccccc3Cl)cc2)c2ccccc2S1. The van der Waals surface area contributed by atoms with Crippen molar-refractivity contribution in [1.82, 2.24) is 5.32 Å². The van der Waals surface area contributed by atoms with Gasteiger partial charge in [0, 0.05) is 39.5 Å². The molecule has 0 radical (unpaired) electrons. The topological polar surface area (TPSA) is 61.4 Å². The third-order valence-electron chi connectivity index (χ3n) is 5.21. The van der Waals surface area contributed by atoms with Gasteiger partial charge in [-0.25, -0.2) is 4.79 Å². The summed E-state index contributed by atoms with van der Waals surface area (Å²) in [5, 5.41) is 6.86. The van der Waals surface area contributed by atoms with Gasteiger partial charge in [-0.3, -0.25) is 9.69 Å². The Labute approximate surface area is 197 Å². The number of rotatable bonds is 5. The first-order valence-corrected chi connectivity index (χ1v) is 11.7. The maximum absolute atomic E-state index is 12.9. The standard InChI is InChI=1S/C25H24ClN3O2S/c1-17-16-29(22-8-4-5-9-23(22)32-17)25(31)28-20-12-10-19(11-13-20)24(30)27-15-14-18-6-2-3-7-21(18)26/h2-13,17H,14-16H2,1H3,(H,27,30)(H,28,31)/t17-/m0/s1. The van der Waals surface area contributed by atoms with Gasteiger partial charge in [-0.05, 0) is 54.4 Å². The molecule has 3 amide bonds. The molecule has 0 saturated carbocycles. The van der Waals surface area contributed by atoms with Crippen LogP contribution in [-0.2, 0) is 6.42 Å². The van der Waals surface area contributed by atoms with Crippen LogP contribution >= 0.6 is 23.4 Å². The molecule has 3 aromatic rings. The molecule has 7 heteroatoms. The van der Waals surface area contributed by atoms with E-state index in [0.717, 1.165) is 16.1 Å². The minimum atomic E-state index is -0.179. The van der Waals surface area contributed by atoms with Gasteiger partial charge in [-0.2, -0.15) is 0 Å². The highest BCUT2D eigenvalue weighted by molar-refractivity contribution is 8.00. The second kappa shape index (κ2) is 10.1. The third-order valence-corrected chi connectivity index (χ3v) is 6.72. The molecule has 0 saturated heterocycles. The number of hydrogen-bond donors (Lipinski definition) is 2. The van der Waals surface area contributed by atoms with Crippen molar-refractivity contribution in [1.29, 1.82) is 0 Å². The molecule has 1 atom stereocenters. The molecule has 0 fully saturated rings. The number of hydrogen-bond acceptors (Lipinski definition) is 3. The summed E-state index contributed by atoms with van der Waals surface area (Å²) in [7, 11) is 0. The van der Waals surface area contributed by atoms with Gasteiger partial charge in [0.25, 0.3) is 5.91 Å². The Morgan fingerprint density at radius 2 is 1.75 bits per heavy atom. The Kier molecular flexibility index (Phi) is 7.02. The number of nitrogens with one attached hydrogen (secondary N) is 2. The van der Waals surface area contributed by atoms with Gasteiger partial charge >= 0.3 is 6.03 Å². The molecule has 1 heterocycles. The average molecular weight is 466 g/mol. The summed E-state index contributed by atoms with van der Waals surface area (Å²) in [6.45, 7) is 3.24. The molecular weight excluding hydrogens is 442 g/mol. The summed E-state index contributed by atoms with van der Waals surface area (Å²) < 4.78 is 0. The number of amides is 3. The van der Waals surface area contributed by atoms with Crippen molar-refractivity contribution in [2.75, 3.05) is 23.3 Å². The Bertz CT molecular complexity index is 1120. The molecule has 3 aromatic carbocycles. The molecule has 2 N–H and O–H groups in total. The summed E-state index contributed by atoms with van der Waals surface area (Å²) in [6.07, 6.45) is 0.660. The summed E-state index contributed by atoms with van der Waals surface area (Å²) in [5.41, 5.74) is 3.10. The number of nitrogens with zero attached hydrogens (tertiary/aromatic N) is 1. The molecule has 1 aliphatic rings. The van der Waals surface area contributed by atoms with Crippen molar-refractivity contribution >= 4 is 46.7 Å². The van der Waals surface area contributed by atoms with Crippen molar-refractivity contribution in [3.05, 3.63) is 88.9 Å². The first kappa shape index (κ1) is 22.2. The fourth-order valence-electron chi connectivity index (χ4n) is 3.59. The maximum atomic E-state index is 12.9. The highest BCUT2D eigenvalue weighted by atomic mass is 35.5. The Morgan fingerprint density at radius 3 is 2.53 bits per heavy atom. The zero-order chi connectivity index (χ0) is 22.5. The van der Waals surface area contributed by atoms with E-state index in [9.17, 15) is 9.59 Å². The van der Waals surface area contributed by atoms with Crippen LogP contribution in [0.2, 0.25) is 5.02 Å². The van der Waals surface area contributed by atoms with E-state index < -0.39 is 0 Å². The van der Waals surface area contributed by atoms with Crippen molar-refractivity contribution in [3.8, 4) is 0 Å². The van der Waals surface area contributed by atoms with Gasteiger partial charge in [0.2, 0.25) is 0 Å². The highest BCUT2D eigenvalue weighted by Crippen LogP contribution is 2.38. The van der Waals surface area contributed by atoms with Crippen molar-refractivity contribution < 1.29 is 9.59 Å². The first-order valence-electron chi connectivity index (χ1n) is 10.5. The lowest BCUT2D eigenvalue weighted by molar-refractivity contribution is 0.0954. The lowest BCUT2D eigenvalue weighted by atomic mass is 10.1. The van der Waals surface area contributed by atoms with Crippen LogP contribution < -0.4 is 15.5 Å². The second-order valence-electron chi connectivity index (χ2n) is 7.61. The van der Waals surface area contributed by atoms with Crippen LogP contribution in [0.25, 0.3) is 0 Å². The lowest BCUT2D eigenvalue weighted by Crippen LogP contribution is -2.41. The lowest BCUT2D eigenvalue weighted by Gasteiger charge is -2.32. The molecule has 0 aromatic heterocycles. The van der Waals surface area contributed by atoms with Gasteiger partial charge in [0.15, 0.2) is 0 Å². The average Bonchev–Trinajstić information content (AvgIpc) is 2.80. The summed E-state index contributed by atoms with van der Waals surface area (Å²) >= 11 is 7.93. The molecule has 32 heavy (non-hydrogen) atoms. The zero-order valence-corrected chi connectivity index (χ0v) is 19.2. The van der Waals surface area contributed by atoms with E-state index in [1.54, 1.807) is 40.9 Å². The molecule has 0 spiro atoms. The third kappa shape index (κ3) is 5.26. The predicted octanol–water partition coefficient (Wildman–Crippen LogP) is 5.85. The van der Waals surface area contributed by atoms with Crippen LogP contribution in [0.5, 0.6) is 0 Å². The van der Waals surface area contributed by atoms with Gasteiger partial charge in [0.1, 0.15) is 0 Å². The molecule has 1 aliphatic heterocycles. The Morgan fingerprint density at radius 1 is 1.03 bits per heavy atom. The van der Waals surface area contributed by atoms with E-state index in [0.29, 0.717) is 41.0 Å². The summed E-state index contributed by atoms with van der Waals surface area (Å²) in [6, 6.07) is 22.3. The second-order valence-corrected chi connectivity index (χ2v) is 9.50. The smallest absolute Gasteiger partial charge is 0.326 e. The van der Waals surface area contributed by atoms with E-state index in [1.807, 2.05) is 48.5 Å². The summed E-state index contributed by atoms with van der Waals surface area (Å²) in [5.74, 6) is -0.161. The number of benzene rings is 3. The van der Waals surface area contributed by atoms with Gasteiger partial charge in [-0.1, -0.05) is 48.9 Å². The van der Waals surface area contributed by atoms with Gasteiger partial charge < -0.3 is 10.6 Å². The monoisotopic (exact) mass is 465 g/mol. The summed E-state index contributed by atoms with van der Waals surface area (Å²) in [4.78, 5) is 28.2. The number of carbonyl (C=O) groups excluding carboxylic acids is 2. The highest BCUT2D eigenvalue weighted by Gasteiger charge is 2.26. The van der Waals surface area contributed by atoms with Crippen LogP contribution in [0, 0.1) is 0 Å². The molecule has 0 unspecified atom stereocenters. The van der Waals surface area contributed by atoms with Crippen molar-refractivity contribution in [2.45, 2.75) is 23.5 Å². The fraction of sp³-hybridized carbons (Fsp3) is 0.200. The number of anilines is 2. The first-order chi connectivity index (χ1) is 15.5. The van der Waals surface area contributed by atoms with E-state index in [1.165, 1.54) is 0 Å². The minimum Gasteiger partial charge on any atom is -0.352 e. The fourth-order valence-corrected chi connectivity index (χ4v) is 4.93. The van der Waals surface area contributed by atoms with Gasteiger partial charge in [0.05, 0.1) is 5.69 Å². The van der Waals surface area contributed by atoms with Crippen LogP contribution in [0.15, 0.2) is 77.7 Å². The number of thioether (sulfide) groups is 1. The van der Waals surface area contributed by atoms with Crippen LogP contribution in [0.3, 0.4) is 0 Å². The molecule has 0 aliphatic carbocycles. The van der Waals surface area contributed by atoms with Crippen LogP contribution in [0.4, 0.5) is 16.2 Å². The molecule has 0 bridgehead atoms. The quantitative estimate of drug-likeness (QED) is 0.497. The zero-order valence-electron chi connectivity index (χ0n) is 17.7. The van der Waals surface area contributed by atoms with E-state index in [4.69, 9.17) is 11.6 Å². The molecule has 164 valence electrons. The Hall–Kier alpha value is -2.96. The normalized spacial score (nSPS) is 15.1. The maximum Gasteiger partial charge on any atom is 0.326 e. The molecule has 5 nitrogen and oxygen atoms in total. The molecular formula is C25H24ClN3O2S. The van der Waals surface area contributed by atoms with E-state index in [-0.39, 0.29) is 11.9 Å². The number of urea groups is 1. The largest absolute Gasteiger partial charge is 0.352 e. The van der Waals surface area contributed by atoms with Gasteiger partial charge in [-0.15, -0.1) is 11.8 Å². The number of halogens is 1. The number of para-hydroxylation sites is 1. The van der Waals surface area contributed by atoms with Crippen LogP contribution in [-0.4, -0.2) is 30.3 Å². The van der Waals surface area contributed by atoms with Crippen molar-refractivity contribution in [3.63, 3.8) is 0 Å².